The molecule has 32 heavy (non-hydrogen) atoms. The fourth-order valence-electron chi connectivity index (χ4n) is 3.40. The SMILES string of the molecule is CCNC(=NCc1ccn(-c2ccc(OC)cc2)n1)NCC(C)(O)CN1CCOCC1.I. The monoisotopic (exact) mass is 558 g/mol. The number of morpholine rings is 1. The Kier molecular flexibility index (Phi) is 10.7. The third-order valence-electron chi connectivity index (χ3n) is 5.03. The lowest BCUT2D eigenvalue weighted by Crippen LogP contribution is -2.52. The second-order valence-electron chi connectivity index (χ2n) is 7.88. The van der Waals surface area contributed by atoms with Crippen molar-refractivity contribution in [2.45, 2.75) is 26.0 Å². The zero-order valence-corrected chi connectivity index (χ0v) is 21.4. The summed E-state index contributed by atoms with van der Waals surface area (Å²) in [5, 5.41) is 21.9. The number of nitrogens with zero attached hydrogens (tertiary/aromatic N) is 4. The predicted molar refractivity (Wildman–Crippen MR) is 136 cm³/mol. The first kappa shape index (κ1) is 26.4. The number of aliphatic imine (C=N–C) groups is 1. The second-order valence-corrected chi connectivity index (χ2v) is 7.88. The van der Waals surface area contributed by atoms with Gasteiger partial charge >= 0.3 is 0 Å². The van der Waals surface area contributed by atoms with Gasteiger partial charge in [-0.15, -0.1) is 24.0 Å². The Morgan fingerprint density at radius 3 is 2.59 bits per heavy atom. The lowest BCUT2D eigenvalue weighted by Gasteiger charge is -2.34. The zero-order valence-electron chi connectivity index (χ0n) is 19.1. The molecule has 2 heterocycles. The van der Waals surface area contributed by atoms with Crippen molar-refractivity contribution in [3.63, 3.8) is 0 Å². The second kappa shape index (κ2) is 13.0. The molecule has 2 aromatic rings. The molecule has 3 rings (SSSR count). The van der Waals surface area contributed by atoms with Crippen LogP contribution < -0.4 is 15.4 Å². The number of aliphatic hydroxyl groups is 1. The molecule has 1 aromatic carbocycles. The van der Waals surface area contributed by atoms with Crippen LogP contribution in [-0.4, -0.2) is 84.4 Å². The highest BCUT2D eigenvalue weighted by Crippen LogP contribution is 2.14. The number of ether oxygens (including phenoxy) is 2. The van der Waals surface area contributed by atoms with Crippen molar-refractivity contribution in [3.05, 3.63) is 42.2 Å². The molecule has 1 aromatic heterocycles. The van der Waals surface area contributed by atoms with Gasteiger partial charge in [0.1, 0.15) is 5.75 Å². The van der Waals surface area contributed by atoms with Crippen LogP contribution in [0.25, 0.3) is 5.69 Å². The van der Waals surface area contributed by atoms with Crippen LogP contribution in [0.5, 0.6) is 5.75 Å². The molecule has 0 bridgehead atoms. The minimum atomic E-state index is -0.872. The van der Waals surface area contributed by atoms with Crippen LogP contribution in [0.15, 0.2) is 41.5 Å². The van der Waals surface area contributed by atoms with E-state index in [1.54, 1.807) is 7.11 Å². The van der Waals surface area contributed by atoms with Crippen molar-refractivity contribution in [2.75, 3.05) is 53.0 Å². The fraction of sp³-hybridized carbons (Fsp3) is 0.545. The van der Waals surface area contributed by atoms with Crippen molar-refractivity contribution in [1.29, 1.82) is 0 Å². The van der Waals surface area contributed by atoms with Crippen LogP contribution in [0.3, 0.4) is 0 Å². The number of hydrogen-bond donors (Lipinski definition) is 3. The number of benzene rings is 1. The highest BCUT2D eigenvalue weighted by Gasteiger charge is 2.25. The third kappa shape index (κ3) is 8.23. The molecule has 0 amide bonds. The van der Waals surface area contributed by atoms with Gasteiger partial charge in [-0.3, -0.25) is 4.90 Å². The quantitative estimate of drug-likeness (QED) is 0.245. The maximum absolute atomic E-state index is 10.8. The minimum Gasteiger partial charge on any atom is -0.497 e. The first-order valence-electron chi connectivity index (χ1n) is 10.7. The van der Waals surface area contributed by atoms with E-state index in [4.69, 9.17) is 9.47 Å². The Bertz CT molecular complexity index is 834. The van der Waals surface area contributed by atoms with Gasteiger partial charge < -0.3 is 25.2 Å². The molecule has 0 saturated carbocycles. The van der Waals surface area contributed by atoms with Gasteiger partial charge in [0.15, 0.2) is 5.96 Å². The van der Waals surface area contributed by atoms with Crippen LogP contribution >= 0.6 is 24.0 Å². The summed E-state index contributed by atoms with van der Waals surface area (Å²) in [6.07, 6.45) is 1.92. The molecule has 0 aliphatic carbocycles. The van der Waals surface area contributed by atoms with Gasteiger partial charge in [0.25, 0.3) is 0 Å². The molecule has 9 nitrogen and oxygen atoms in total. The maximum atomic E-state index is 10.8. The molecule has 1 atom stereocenters. The van der Waals surface area contributed by atoms with Crippen LogP contribution in [0.4, 0.5) is 0 Å². The molecule has 3 N–H and O–H groups in total. The van der Waals surface area contributed by atoms with Crippen molar-refractivity contribution >= 4 is 29.9 Å². The highest BCUT2D eigenvalue weighted by atomic mass is 127. The van der Waals surface area contributed by atoms with E-state index in [-0.39, 0.29) is 24.0 Å². The summed E-state index contributed by atoms with van der Waals surface area (Å²) in [5.41, 5.74) is 0.942. The van der Waals surface area contributed by atoms with Crippen LogP contribution in [0.2, 0.25) is 0 Å². The van der Waals surface area contributed by atoms with Gasteiger partial charge in [-0.25, -0.2) is 9.67 Å². The van der Waals surface area contributed by atoms with Crippen molar-refractivity contribution in [2.24, 2.45) is 4.99 Å². The summed E-state index contributed by atoms with van der Waals surface area (Å²) in [5.74, 6) is 1.47. The van der Waals surface area contributed by atoms with Gasteiger partial charge in [-0.2, -0.15) is 5.10 Å². The van der Waals surface area contributed by atoms with Crippen molar-refractivity contribution in [1.82, 2.24) is 25.3 Å². The standard InChI is InChI=1S/C22H34N6O3.HI/c1-4-23-21(25-16-22(2,29)17-27-11-13-31-14-12-27)24-15-18-9-10-28(26-18)19-5-7-20(30-3)8-6-19;/h5-10,29H,4,11-17H2,1-3H3,(H2,23,24,25);1H. The number of rotatable bonds is 9. The number of methoxy groups -OCH3 is 1. The van der Waals surface area contributed by atoms with E-state index in [1.807, 2.05) is 55.1 Å². The lowest BCUT2D eigenvalue weighted by molar-refractivity contribution is -0.0201. The molecule has 1 aliphatic rings. The summed E-state index contributed by atoms with van der Waals surface area (Å²) in [6, 6.07) is 9.68. The van der Waals surface area contributed by atoms with Crippen LogP contribution in [0, 0.1) is 0 Å². The largest absolute Gasteiger partial charge is 0.497 e. The Labute approximate surface area is 207 Å². The first-order chi connectivity index (χ1) is 15.0. The average Bonchev–Trinajstić information content (AvgIpc) is 3.25. The average molecular weight is 558 g/mol. The molecule has 178 valence electrons. The third-order valence-corrected chi connectivity index (χ3v) is 5.03. The smallest absolute Gasteiger partial charge is 0.191 e. The molecule has 1 aliphatic heterocycles. The van der Waals surface area contributed by atoms with E-state index in [2.05, 4.69) is 25.6 Å². The number of aromatic nitrogens is 2. The van der Waals surface area contributed by atoms with E-state index < -0.39 is 5.60 Å². The molecule has 10 heteroatoms. The Balaban J connectivity index is 0.00000363. The summed E-state index contributed by atoms with van der Waals surface area (Å²) < 4.78 is 12.4. The number of nitrogens with one attached hydrogen (secondary N) is 2. The van der Waals surface area contributed by atoms with Gasteiger partial charge in [-0.1, -0.05) is 0 Å². The lowest BCUT2D eigenvalue weighted by atomic mass is 10.1. The number of halogens is 1. The van der Waals surface area contributed by atoms with Crippen LogP contribution in [0.1, 0.15) is 19.5 Å². The molecule has 0 spiro atoms. The molecule has 1 saturated heterocycles. The Morgan fingerprint density at radius 2 is 1.94 bits per heavy atom. The van der Waals surface area contributed by atoms with Crippen LogP contribution in [-0.2, 0) is 11.3 Å². The number of guanidine groups is 1. The fourth-order valence-corrected chi connectivity index (χ4v) is 3.40. The van der Waals surface area contributed by atoms with E-state index in [1.165, 1.54) is 0 Å². The first-order valence-corrected chi connectivity index (χ1v) is 10.7. The minimum absolute atomic E-state index is 0. The number of hydrogen-bond acceptors (Lipinski definition) is 6. The molecule has 1 fully saturated rings. The molecule has 1 unspecified atom stereocenters. The molecule has 0 radical (unpaired) electrons. The Hall–Kier alpha value is -1.89. The van der Waals surface area contributed by atoms with E-state index in [9.17, 15) is 5.11 Å². The van der Waals surface area contributed by atoms with Crippen molar-refractivity contribution < 1.29 is 14.6 Å². The highest BCUT2D eigenvalue weighted by molar-refractivity contribution is 14.0. The summed E-state index contributed by atoms with van der Waals surface area (Å²) >= 11 is 0. The van der Waals surface area contributed by atoms with E-state index >= 15 is 0 Å². The molecular weight excluding hydrogens is 523 g/mol. The molecular formula is C22H35IN6O3. The van der Waals surface area contributed by atoms with E-state index in [0.29, 0.717) is 25.6 Å². The summed E-state index contributed by atoms with van der Waals surface area (Å²) in [6.45, 7) is 9.15. The van der Waals surface area contributed by atoms with E-state index in [0.717, 1.165) is 50.0 Å². The zero-order chi connectivity index (χ0) is 22.1. The number of β-amino-alcohol motifs (C(OH)–C–C–N with tert-alkyl or cyclic N) is 1. The van der Waals surface area contributed by atoms with Crippen molar-refractivity contribution in [3.8, 4) is 11.4 Å². The van der Waals surface area contributed by atoms with Gasteiger partial charge in [-0.05, 0) is 44.2 Å². The van der Waals surface area contributed by atoms with Gasteiger partial charge in [0.2, 0.25) is 0 Å². The topological polar surface area (TPSA) is 96.2 Å². The summed E-state index contributed by atoms with van der Waals surface area (Å²) in [7, 11) is 1.65. The van der Waals surface area contributed by atoms with Gasteiger partial charge in [0.05, 0.1) is 43.9 Å². The Morgan fingerprint density at radius 1 is 1.22 bits per heavy atom. The maximum Gasteiger partial charge on any atom is 0.191 e. The summed E-state index contributed by atoms with van der Waals surface area (Å²) in [4.78, 5) is 6.85. The predicted octanol–water partition coefficient (Wildman–Crippen LogP) is 1.64. The van der Waals surface area contributed by atoms with Gasteiger partial charge in [0, 0.05) is 38.9 Å². The normalized spacial score (nSPS) is 16.7.